The first-order chi connectivity index (χ1) is 17.5. The molecule has 0 bridgehead atoms. The van der Waals surface area contributed by atoms with Crippen LogP contribution in [0.15, 0.2) is 95.9 Å². The van der Waals surface area contributed by atoms with Crippen molar-refractivity contribution in [1.82, 2.24) is 4.90 Å². The zero-order chi connectivity index (χ0) is 25.1. The van der Waals surface area contributed by atoms with Crippen molar-refractivity contribution in [1.29, 1.82) is 0 Å². The van der Waals surface area contributed by atoms with Gasteiger partial charge in [-0.1, -0.05) is 66.7 Å². The van der Waals surface area contributed by atoms with Crippen molar-refractivity contribution in [3.8, 4) is 11.5 Å². The van der Waals surface area contributed by atoms with Crippen molar-refractivity contribution in [2.45, 2.75) is 6.54 Å². The lowest BCUT2D eigenvalue weighted by Gasteiger charge is -2.14. The topological polar surface area (TPSA) is 72.9 Å². The van der Waals surface area contributed by atoms with Gasteiger partial charge in [0.05, 0.1) is 24.1 Å². The van der Waals surface area contributed by atoms with Crippen molar-refractivity contribution in [2.24, 2.45) is 0 Å². The molecule has 1 heterocycles. The van der Waals surface area contributed by atoms with E-state index in [1.54, 1.807) is 48.5 Å². The molecule has 0 unspecified atom stereocenters. The number of rotatable bonds is 6. The molecule has 0 atom stereocenters. The lowest BCUT2D eigenvalue weighted by Crippen LogP contribution is -2.27. The highest BCUT2D eigenvalue weighted by molar-refractivity contribution is 8.18. The standard InChI is InChI=1S/C29H21NO5S/c1-34-25-16-19(14-15-24(25)35-28(32)21-9-3-2-4-10-21)17-26-27(31)30(29(33)36-26)18-22-12-7-11-20-8-5-6-13-23(20)22/h2-17H,18H2,1H3/b26-17-. The first-order valence-electron chi connectivity index (χ1n) is 11.2. The fraction of sp³-hybridized carbons (Fsp3) is 0.0690. The number of hydrogen-bond acceptors (Lipinski definition) is 6. The molecule has 7 heteroatoms. The Balaban J connectivity index is 1.36. The summed E-state index contributed by atoms with van der Waals surface area (Å²) < 4.78 is 10.9. The quantitative estimate of drug-likeness (QED) is 0.177. The minimum atomic E-state index is -0.504. The molecule has 0 aromatic heterocycles. The van der Waals surface area contributed by atoms with Gasteiger partial charge in [-0.15, -0.1) is 0 Å². The molecule has 0 N–H and O–H groups in total. The maximum atomic E-state index is 13.1. The molecular formula is C29H21NO5S. The van der Waals surface area contributed by atoms with Crippen molar-refractivity contribution < 1.29 is 23.9 Å². The maximum absolute atomic E-state index is 13.1. The first-order valence-corrected chi connectivity index (χ1v) is 12.0. The molecule has 0 saturated carbocycles. The number of fused-ring (bicyclic) bond motifs is 1. The van der Waals surface area contributed by atoms with E-state index >= 15 is 0 Å². The molecule has 1 saturated heterocycles. The van der Waals surface area contributed by atoms with Crippen LogP contribution >= 0.6 is 11.8 Å². The first kappa shape index (κ1) is 23.4. The minimum absolute atomic E-state index is 0.195. The second-order valence-electron chi connectivity index (χ2n) is 8.07. The van der Waals surface area contributed by atoms with Crippen LogP contribution in [0.5, 0.6) is 11.5 Å². The van der Waals surface area contributed by atoms with E-state index in [-0.39, 0.29) is 23.4 Å². The van der Waals surface area contributed by atoms with Crippen LogP contribution in [-0.2, 0) is 11.3 Å². The largest absolute Gasteiger partial charge is 0.493 e. The Kier molecular flexibility index (Phi) is 6.56. The molecule has 36 heavy (non-hydrogen) atoms. The third-order valence-electron chi connectivity index (χ3n) is 5.78. The molecule has 1 fully saturated rings. The summed E-state index contributed by atoms with van der Waals surface area (Å²) >= 11 is 0.899. The van der Waals surface area contributed by atoms with E-state index in [4.69, 9.17) is 9.47 Å². The molecule has 1 aliphatic heterocycles. The van der Waals surface area contributed by atoms with Crippen molar-refractivity contribution in [3.63, 3.8) is 0 Å². The number of carbonyl (C=O) groups is 3. The van der Waals surface area contributed by atoms with Gasteiger partial charge < -0.3 is 9.47 Å². The fourth-order valence-electron chi connectivity index (χ4n) is 3.98. The average Bonchev–Trinajstić information content (AvgIpc) is 3.17. The molecule has 1 aliphatic rings. The smallest absolute Gasteiger partial charge is 0.343 e. The van der Waals surface area contributed by atoms with E-state index in [0.717, 1.165) is 28.1 Å². The Hall–Kier alpha value is -4.36. The second-order valence-corrected chi connectivity index (χ2v) is 9.07. The molecule has 5 rings (SSSR count). The summed E-state index contributed by atoms with van der Waals surface area (Å²) in [5, 5.41) is 1.74. The van der Waals surface area contributed by atoms with Crippen molar-refractivity contribution in [3.05, 3.63) is 113 Å². The number of thioether (sulfide) groups is 1. The SMILES string of the molecule is COc1cc(/C=C2\SC(=O)N(Cc3cccc4ccccc34)C2=O)ccc1OC(=O)c1ccccc1. The van der Waals surface area contributed by atoms with Gasteiger partial charge in [0.25, 0.3) is 11.1 Å². The summed E-state index contributed by atoms with van der Waals surface area (Å²) in [7, 11) is 1.47. The minimum Gasteiger partial charge on any atom is -0.493 e. The molecule has 0 aliphatic carbocycles. The summed E-state index contributed by atoms with van der Waals surface area (Å²) in [6, 6.07) is 27.3. The lowest BCUT2D eigenvalue weighted by atomic mass is 10.0. The zero-order valence-corrected chi connectivity index (χ0v) is 20.2. The number of carbonyl (C=O) groups excluding carboxylic acids is 3. The van der Waals surface area contributed by atoms with E-state index in [9.17, 15) is 14.4 Å². The molecule has 6 nitrogen and oxygen atoms in total. The second kappa shape index (κ2) is 10.1. The molecular weight excluding hydrogens is 474 g/mol. The van der Waals surface area contributed by atoms with Gasteiger partial charge in [0.1, 0.15) is 0 Å². The normalized spacial score (nSPS) is 14.5. The van der Waals surface area contributed by atoms with Gasteiger partial charge in [-0.3, -0.25) is 14.5 Å². The van der Waals surface area contributed by atoms with Crippen molar-refractivity contribution in [2.75, 3.05) is 7.11 Å². The Morgan fingerprint density at radius 3 is 2.44 bits per heavy atom. The third-order valence-corrected chi connectivity index (χ3v) is 6.69. The highest BCUT2D eigenvalue weighted by Crippen LogP contribution is 2.36. The number of esters is 1. The Morgan fingerprint density at radius 2 is 1.64 bits per heavy atom. The summed E-state index contributed by atoms with van der Waals surface area (Å²) in [5.41, 5.74) is 1.97. The number of imide groups is 1. The Labute approximate surface area is 212 Å². The van der Waals surface area contributed by atoms with E-state index in [1.807, 2.05) is 48.5 Å². The fourth-order valence-corrected chi connectivity index (χ4v) is 4.82. The van der Waals surface area contributed by atoms with Gasteiger partial charge >= 0.3 is 5.97 Å². The Bertz CT molecular complexity index is 1510. The number of methoxy groups -OCH3 is 1. The zero-order valence-electron chi connectivity index (χ0n) is 19.3. The van der Waals surface area contributed by atoms with Gasteiger partial charge in [0.2, 0.25) is 0 Å². The van der Waals surface area contributed by atoms with Crippen LogP contribution in [0.4, 0.5) is 4.79 Å². The molecule has 4 aromatic carbocycles. The van der Waals surface area contributed by atoms with Crippen LogP contribution in [0.25, 0.3) is 16.8 Å². The number of hydrogen-bond donors (Lipinski definition) is 0. The highest BCUT2D eigenvalue weighted by atomic mass is 32.2. The summed E-state index contributed by atoms with van der Waals surface area (Å²) in [6.07, 6.45) is 1.64. The highest BCUT2D eigenvalue weighted by Gasteiger charge is 2.35. The van der Waals surface area contributed by atoms with E-state index in [1.165, 1.54) is 12.0 Å². The van der Waals surface area contributed by atoms with Gasteiger partial charge in [-0.05, 0) is 64.0 Å². The predicted octanol–water partition coefficient (Wildman–Crippen LogP) is 6.30. The monoisotopic (exact) mass is 495 g/mol. The summed E-state index contributed by atoms with van der Waals surface area (Å²) in [6.45, 7) is 0.195. The maximum Gasteiger partial charge on any atom is 0.343 e. The van der Waals surface area contributed by atoms with Gasteiger partial charge in [0, 0.05) is 0 Å². The van der Waals surface area contributed by atoms with E-state index in [0.29, 0.717) is 21.8 Å². The van der Waals surface area contributed by atoms with Crippen LogP contribution in [0.2, 0.25) is 0 Å². The van der Waals surface area contributed by atoms with Crippen LogP contribution in [0.1, 0.15) is 21.5 Å². The van der Waals surface area contributed by atoms with E-state index in [2.05, 4.69) is 0 Å². The van der Waals surface area contributed by atoms with Crippen molar-refractivity contribution >= 4 is 45.7 Å². The molecule has 4 aromatic rings. The Morgan fingerprint density at radius 1 is 0.889 bits per heavy atom. The predicted molar refractivity (Wildman–Crippen MR) is 140 cm³/mol. The van der Waals surface area contributed by atoms with Crippen LogP contribution in [0.3, 0.4) is 0 Å². The van der Waals surface area contributed by atoms with Crippen LogP contribution in [0, 0.1) is 0 Å². The lowest BCUT2D eigenvalue weighted by molar-refractivity contribution is -0.123. The number of nitrogens with zero attached hydrogens (tertiary/aromatic N) is 1. The molecule has 0 spiro atoms. The van der Waals surface area contributed by atoms with Gasteiger partial charge in [0.15, 0.2) is 11.5 Å². The number of benzene rings is 4. The molecule has 2 amide bonds. The van der Waals surface area contributed by atoms with Gasteiger partial charge in [-0.2, -0.15) is 0 Å². The average molecular weight is 496 g/mol. The number of amides is 2. The summed E-state index contributed by atoms with van der Waals surface area (Å²) in [4.78, 5) is 39.8. The number of ether oxygens (including phenoxy) is 2. The van der Waals surface area contributed by atoms with Gasteiger partial charge in [-0.25, -0.2) is 4.79 Å². The molecule has 0 radical (unpaired) electrons. The van der Waals surface area contributed by atoms with Crippen LogP contribution in [-0.4, -0.2) is 29.1 Å². The van der Waals surface area contributed by atoms with Crippen LogP contribution < -0.4 is 9.47 Å². The molecule has 178 valence electrons. The summed E-state index contributed by atoms with van der Waals surface area (Å²) in [5.74, 6) is -0.261. The van der Waals surface area contributed by atoms with E-state index < -0.39 is 5.97 Å². The third kappa shape index (κ3) is 4.74.